The normalized spacial score (nSPS) is 24.0. The number of unbranched alkanes of at least 4 members (excludes halogenated alkanes) is 1. The lowest BCUT2D eigenvalue weighted by Gasteiger charge is -2.42. The zero-order valence-electron chi connectivity index (χ0n) is 11.3. The van der Waals surface area contributed by atoms with Crippen molar-refractivity contribution in [2.24, 2.45) is 0 Å². The molecule has 2 aliphatic rings. The van der Waals surface area contributed by atoms with E-state index in [1.807, 2.05) is 6.08 Å². The third kappa shape index (κ3) is 2.83. The van der Waals surface area contributed by atoms with Crippen LogP contribution in [0.3, 0.4) is 0 Å². The summed E-state index contributed by atoms with van der Waals surface area (Å²) in [5.74, 6) is 0.462. The van der Waals surface area contributed by atoms with Crippen molar-refractivity contribution in [1.29, 1.82) is 0 Å². The molecular weight excluding hydrogens is 226 g/mol. The van der Waals surface area contributed by atoms with Gasteiger partial charge in [-0.05, 0) is 25.7 Å². The van der Waals surface area contributed by atoms with Crippen LogP contribution in [0.5, 0.6) is 0 Å². The van der Waals surface area contributed by atoms with Gasteiger partial charge in [-0.15, -0.1) is 6.58 Å². The average Bonchev–Trinajstić information content (AvgIpc) is 2.90. The van der Waals surface area contributed by atoms with Gasteiger partial charge < -0.3 is 4.74 Å². The van der Waals surface area contributed by atoms with Crippen LogP contribution in [-0.4, -0.2) is 42.5 Å². The van der Waals surface area contributed by atoms with Crippen LogP contribution in [0, 0.1) is 0 Å². The number of allylic oxidation sites excluding steroid dienone is 1. The Morgan fingerprint density at radius 3 is 2.56 bits per heavy atom. The molecule has 2 rings (SSSR count). The molecular formula is C15H25NO2. The molecule has 3 heteroatoms. The molecule has 0 aromatic carbocycles. The van der Waals surface area contributed by atoms with Gasteiger partial charge in [0.15, 0.2) is 5.78 Å². The van der Waals surface area contributed by atoms with E-state index in [-0.39, 0.29) is 5.54 Å². The minimum Gasteiger partial charge on any atom is -0.379 e. The molecule has 1 saturated carbocycles. The van der Waals surface area contributed by atoms with E-state index < -0.39 is 0 Å². The number of rotatable bonds is 6. The predicted molar refractivity (Wildman–Crippen MR) is 72.6 cm³/mol. The minimum absolute atomic E-state index is 0.148. The minimum atomic E-state index is -0.148. The lowest BCUT2D eigenvalue weighted by Crippen LogP contribution is -2.56. The summed E-state index contributed by atoms with van der Waals surface area (Å²) in [6.45, 7) is 7.13. The first-order valence-corrected chi connectivity index (χ1v) is 7.26. The van der Waals surface area contributed by atoms with Crippen LogP contribution in [0.15, 0.2) is 12.7 Å². The molecule has 0 aromatic rings. The topological polar surface area (TPSA) is 29.5 Å². The Balaban J connectivity index is 2.00. The van der Waals surface area contributed by atoms with Crippen LogP contribution < -0.4 is 0 Å². The zero-order valence-corrected chi connectivity index (χ0v) is 11.3. The van der Waals surface area contributed by atoms with Crippen molar-refractivity contribution in [2.75, 3.05) is 26.3 Å². The number of hydrogen-bond donors (Lipinski definition) is 0. The second-order valence-corrected chi connectivity index (χ2v) is 5.44. The number of nitrogens with zero attached hydrogens (tertiary/aromatic N) is 1. The molecule has 1 aliphatic heterocycles. The van der Waals surface area contributed by atoms with Crippen molar-refractivity contribution in [2.45, 2.75) is 50.5 Å². The zero-order chi connectivity index (χ0) is 12.8. The highest BCUT2D eigenvalue weighted by Gasteiger charge is 2.45. The highest BCUT2D eigenvalue weighted by molar-refractivity contribution is 5.88. The largest absolute Gasteiger partial charge is 0.379 e. The molecule has 1 aliphatic carbocycles. The van der Waals surface area contributed by atoms with Gasteiger partial charge in [-0.2, -0.15) is 0 Å². The monoisotopic (exact) mass is 251 g/mol. The molecule has 1 saturated heterocycles. The fraction of sp³-hybridized carbons (Fsp3) is 0.800. The molecule has 3 nitrogen and oxygen atoms in total. The van der Waals surface area contributed by atoms with Crippen molar-refractivity contribution in [3.63, 3.8) is 0 Å². The van der Waals surface area contributed by atoms with Gasteiger partial charge in [0.2, 0.25) is 0 Å². The SMILES string of the molecule is C=CCCCC(=O)C1(N2CCOCC2)CCCC1. The Morgan fingerprint density at radius 2 is 1.94 bits per heavy atom. The Kier molecular flexibility index (Phi) is 4.95. The van der Waals surface area contributed by atoms with E-state index in [9.17, 15) is 4.79 Å². The Bertz CT molecular complexity index is 289. The molecule has 0 unspecified atom stereocenters. The molecule has 1 heterocycles. The number of carbonyl (C=O) groups excluding carboxylic acids is 1. The summed E-state index contributed by atoms with van der Waals surface area (Å²) in [7, 11) is 0. The van der Waals surface area contributed by atoms with Gasteiger partial charge in [0, 0.05) is 19.5 Å². The van der Waals surface area contributed by atoms with Gasteiger partial charge in [0.25, 0.3) is 0 Å². The van der Waals surface area contributed by atoms with Gasteiger partial charge >= 0.3 is 0 Å². The molecule has 18 heavy (non-hydrogen) atoms. The van der Waals surface area contributed by atoms with E-state index in [1.165, 1.54) is 12.8 Å². The summed E-state index contributed by atoms with van der Waals surface area (Å²) in [6.07, 6.45) is 9.03. The van der Waals surface area contributed by atoms with Gasteiger partial charge in [0.05, 0.1) is 18.8 Å². The number of carbonyl (C=O) groups is 1. The first kappa shape index (κ1) is 13.8. The highest BCUT2D eigenvalue weighted by atomic mass is 16.5. The van der Waals surface area contributed by atoms with Crippen molar-refractivity contribution < 1.29 is 9.53 Å². The predicted octanol–water partition coefficient (Wildman–Crippen LogP) is 2.56. The molecule has 0 amide bonds. The van der Waals surface area contributed by atoms with Crippen LogP contribution >= 0.6 is 0 Å². The number of ketones is 1. The maximum absolute atomic E-state index is 12.6. The highest BCUT2D eigenvalue weighted by Crippen LogP contribution is 2.37. The smallest absolute Gasteiger partial charge is 0.153 e. The van der Waals surface area contributed by atoms with Crippen molar-refractivity contribution in [3.8, 4) is 0 Å². The lowest BCUT2D eigenvalue weighted by molar-refractivity contribution is -0.134. The molecule has 0 bridgehead atoms. The Labute approximate surface area is 110 Å². The summed E-state index contributed by atoms with van der Waals surface area (Å²) in [4.78, 5) is 15.0. The second kappa shape index (κ2) is 6.48. The van der Waals surface area contributed by atoms with E-state index in [1.54, 1.807) is 0 Å². The van der Waals surface area contributed by atoms with Crippen molar-refractivity contribution in [1.82, 2.24) is 4.90 Å². The Hall–Kier alpha value is -0.670. The maximum atomic E-state index is 12.6. The molecule has 2 fully saturated rings. The van der Waals surface area contributed by atoms with Crippen LogP contribution in [0.25, 0.3) is 0 Å². The number of hydrogen-bond acceptors (Lipinski definition) is 3. The standard InChI is InChI=1S/C15H25NO2/c1-2-3-4-7-14(17)15(8-5-6-9-15)16-10-12-18-13-11-16/h2H,1,3-13H2. The first-order valence-electron chi connectivity index (χ1n) is 7.26. The van der Waals surface area contributed by atoms with Gasteiger partial charge in [-0.3, -0.25) is 9.69 Å². The van der Waals surface area contributed by atoms with E-state index >= 15 is 0 Å². The first-order chi connectivity index (χ1) is 8.79. The number of ether oxygens (including phenoxy) is 1. The summed E-state index contributed by atoms with van der Waals surface area (Å²) in [5, 5.41) is 0. The summed E-state index contributed by atoms with van der Waals surface area (Å²) < 4.78 is 5.42. The van der Waals surface area contributed by atoms with Crippen LogP contribution in [0.2, 0.25) is 0 Å². The summed E-state index contributed by atoms with van der Waals surface area (Å²) >= 11 is 0. The van der Waals surface area contributed by atoms with E-state index in [2.05, 4.69) is 11.5 Å². The molecule has 0 N–H and O–H groups in total. The third-order valence-electron chi connectivity index (χ3n) is 4.38. The van der Waals surface area contributed by atoms with Gasteiger partial charge in [-0.1, -0.05) is 18.9 Å². The van der Waals surface area contributed by atoms with Gasteiger partial charge in [-0.25, -0.2) is 0 Å². The molecule has 0 spiro atoms. The van der Waals surface area contributed by atoms with Crippen LogP contribution in [-0.2, 0) is 9.53 Å². The summed E-state index contributed by atoms with van der Waals surface area (Å²) in [5.41, 5.74) is -0.148. The summed E-state index contributed by atoms with van der Waals surface area (Å²) in [6, 6.07) is 0. The fourth-order valence-electron chi connectivity index (χ4n) is 3.36. The molecule has 102 valence electrons. The fourth-order valence-corrected chi connectivity index (χ4v) is 3.36. The second-order valence-electron chi connectivity index (χ2n) is 5.44. The molecule has 0 radical (unpaired) electrons. The third-order valence-corrected chi connectivity index (χ3v) is 4.38. The quantitative estimate of drug-likeness (QED) is 0.537. The van der Waals surface area contributed by atoms with E-state index in [4.69, 9.17) is 4.74 Å². The number of Topliss-reactive ketones (excluding diaryl/α,β-unsaturated/α-hetero) is 1. The van der Waals surface area contributed by atoms with Gasteiger partial charge in [0.1, 0.15) is 0 Å². The Morgan fingerprint density at radius 1 is 1.28 bits per heavy atom. The van der Waals surface area contributed by atoms with E-state index in [0.29, 0.717) is 12.2 Å². The lowest BCUT2D eigenvalue weighted by atomic mass is 9.86. The maximum Gasteiger partial charge on any atom is 0.153 e. The molecule has 0 aromatic heterocycles. The number of morpholine rings is 1. The van der Waals surface area contributed by atoms with Crippen molar-refractivity contribution in [3.05, 3.63) is 12.7 Å². The van der Waals surface area contributed by atoms with Crippen LogP contribution in [0.1, 0.15) is 44.9 Å². The molecule has 0 atom stereocenters. The van der Waals surface area contributed by atoms with Crippen LogP contribution in [0.4, 0.5) is 0 Å². The van der Waals surface area contributed by atoms with E-state index in [0.717, 1.165) is 52.0 Å². The average molecular weight is 251 g/mol. The van der Waals surface area contributed by atoms with Crippen molar-refractivity contribution >= 4 is 5.78 Å².